The van der Waals surface area contributed by atoms with E-state index in [1.165, 1.54) is 4.90 Å². The van der Waals surface area contributed by atoms with Gasteiger partial charge in [0.05, 0.1) is 6.10 Å². The fourth-order valence-corrected chi connectivity index (χ4v) is 3.03. The van der Waals surface area contributed by atoms with Crippen LogP contribution in [0, 0.1) is 0 Å². The Hall–Kier alpha value is -2.66. The van der Waals surface area contributed by atoms with E-state index < -0.39 is 12.2 Å². The number of amides is 2. The molecule has 0 saturated carbocycles. The number of ether oxygens (including phenoxy) is 1. The molecule has 1 aliphatic heterocycles. The lowest BCUT2D eigenvalue weighted by atomic mass is 10.0. The highest BCUT2D eigenvalue weighted by Crippen LogP contribution is 2.29. The summed E-state index contributed by atoms with van der Waals surface area (Å²) in [6.07, 6.45) is -0.0381. The summed E-state index contributed by atoms with van der Waals surface area (Å²) in [7, 11) is 0. The molecular formula is C20H21NO4. The third-order valence-corrected chi connectivity index (χ3v) is 4.38. The molecule has 0 bridgehead atoms. The highest BCUT2D eigenvalue weighted by molar-refractivity contribution is 5.93. The number of benzene rings is 2. The molecule has 130 valence electrons. The molecule has 1 saturated heterocycles. The molecule has 0 aliphatic carbocycles. The Balaban J connectivity index is 1.57. The predicted octanol–water partition coefficient (Wildman–Crippen LogP) is 3.61. The molecular weight excluding hydrogens is 318 g/mol. The first kappa shape index (κ1) is 17.2. The second-order valence-corrected chi connectivity index (χ2v) is 6.09. The molecule has 1 fully saturated rings. The van der Waals surface area contributed by atoms with Crippen LogP contribution < -0.4 is 0 Å². The number of rotatable bonds is 6. The van der Waals surface area contributed by atoms with Crippen molar-refractivity contribution >= 4 is 12.0 Å². The number of aliphatic hydroxyl groups excluding tert-OH is 1. The Bertz CT molecular complexity index is 717. The summed E-state index contributed by atoms with van der Waals surface area (Å²) in [6, 6.07) is 18.4. The maximum atomic E-state index is 12.5. The van der Waals surface area contributed by atoms with E-state index in [2.05, 4.69) is 0 Å². The summed E-state index contributed by atoms with van der Waals surface area (Å²) in [5.74, 6) is -0.267. The molecule has 0 spiro atoms. The summed E-state index contributed by atoms with van der Waals surface area (Å²) in [5, 5.41) is 10.2. The van der Waals surface area contributed by atoms with E-state index in [0.29, 0.717) is 12.8 Å². The molecule has 1 N–H and O–H groups in total. The minimum absolute atomic E-state index is 0.182. The number of hydrogen-bond donors (Lipinski definition) is 1. The molecule has 2 unspecified atom stereocenters. The average molecular weight is 339 g/mol. The standard InChI is InChI=1S/C20H21NO4/c22-18(16-10-5-2-6-11-16)12-7-13-19(23)21-17(14-25-20(21)24)15-8-3-1-4-9-15/h1-6,8-11,17-18,22H,7,12-14H2. The zero-order valence-electron chi connectivity index (χ0n) is 13.9. The van der Waals surface area contributed by atoms with E-state index in [9.17, 15) is 14.7 Å². The highest BCUT2D eigenvalue weighted by atomic mass is 16.6. The Kier molecular flexibility index (Phi) is 5.46. The number of nitrogens with zero attached hydrogens (tertiary/aromatic N) is 1. The normalized spacial score (nSPS) is 18.0. The molecule has 0 aromatic heterocycles. The van der Waals surface area contributed by atoms with Crippen LogP contribution >= 0.6 is 0 Å². The number of aliphatic hydroxyl groups is 1. The molecule has 1 aliphatic rings. The average Bonchev–Trinajstić information content (AvgIpc) is 3.04. The van der Waals surface area contributed by atoms with Crippen molar-refractivity contribution in [3.05, 3.63) is 71.8 Å². The fraction of sp³-hybridized carbons (Fsp3) is 0.300. The van der Waals surface area contributed by atoms with Gasteiger partial charge >= 0.3 is 6.09 Å². The summed E-state index contributed by atoms with van der Waals surface area (Å²) in [6.45, 7) is 0.182. The first-order valence-electron chi connectivity index (χ1n) is 8.43. The van der Waals surface area contributed by atoms with Crippen LogP contribution in [-0.2, 0) is 9.53 Å². The zero-order chi connectivity index (χ0) is 17.6. The lowest BCUT2D eigenvalue weighted by Gasteiger charge is -2.20. The SMILES string of the molecule is O=C(CCCC(O)c1ccccc1)N1C(=O)OCC1c1ccccc1. The fourth-order valence-electron chi connectivity index (χ4n) is 3.03. The van der Waals surface area contributed by atoms with Crippen molar-refractivity contribution < 1.29 is 19.4 Å². The minimum atomic E-state index is -0.607. The number of carbonyl (C=O) groups is 2. The summed E-state index contributed by atoms with van der Waals surface area (Å²) < 4.78 is 5.07. The van der Waals surface area contributed by atoms with E-state index in [-0.39, 0.29) is 25.0 Å². The maximum absolute atomic E-state index is 12.5. The second-order valence-electron chi connectivity index (χ2n) is 6.09. The van der Waals surface area contributed by atoms with Gasteiger partial charge in [-0.2, -0.15) is 0 Å². The third kappa shape index (κ3) is 4.06. The van der Waals surface area contributed by atoms with Gasteiger partial charge in [0.15, 0.2) is 0 Å². The highest BCUT2D eigenvalue weighted by Gasteiger charge is 2.38. The van der Waals surface area contributed by atoms with Gasteiger partial charge in [-0.05, 0) is 24.0 Å². The third-order valence-electron chi connectivity index (χ3n) is 4.38. The van der Waals surface area contributed by atoms with Crippen molar-refractivity contribution in [1.82, 2.24) is 4.90 Å². The summed E-state index contributed by atoms with van der Waals surface area (Å²) in [5.41, 5.74) is 1.71. The molecule has 0 radical (unpaired) electrons. The quantitative estimate of drug-likeness (QED) is 0.873. The van der Waals surface area contributed by atoms with E-state index in [4.69, 9.17) is 4.74 Å². The van der Waals surface area contributed by atoms with Crippen molar-refractivity contribution in [2.45, 2.75) is 31.4 Å². The first-order valence-corrected chi connectivity index (χ1v) is 8.43. The van der Waals surface area contributed by atoms with E-state index >= 15 is 0 Å². The lowest BCUT2D eigenvalue weighted by molar-refractivity contribution is -0.129. The van der Waals surface area contributed by atoms with Crippen molar-refractivity contribution in [2.24, 2.45) is 0 Å². The van der Waals surface area contributed by atoms with Gasteiger partial charge in [0.2, 0.25) is 5.91 Å². The number of cyclic esters (lactones) is 1. The van der Waals surface area contributed by atoms with E-state index in [1.54, 1.807) is 0 Å². The number of carbonyl (C=O) groups excluding carboxylic acids is 2. The van der Waals surface area contributed by atoms with Crippen molar-refractivity contribution in [1.29, 1.82) is 0 Å². The van der Waals surface area contributed by atoms with Crippen LogP contribution in [0.1, 0.15) is 42.5 Å². The molecule has 5 heteroatoms. The van der Waals surface area contributed by atoms with Gasteiger partial charge < -0.3 is 9.84 Å². The van der Waals surface area contributed by atoms with Crippen LogP contribution in [0.25, 0.3) is 0 Å². The molecule has 2 amide bonds. The summed E-state index contributed by atoms with van der Waals surface area (Å²) in [4.78, 5) is 25.7. The van der Waals surface area contributed by atoms with Crippen LogP contribution in [0.15, 0.2) is 60.7 Å². The second kappa shape index (κ2) is 7.94. The van der Waals surface area contributed by atoms with Gasteiger partial charge in [0.1, 0.15) is 12.6 Å². The Morgan fingerprint density at radius 3 is 2.44 bits per heavy atom. The lowest BCUT2D eigenvalue weighted by Crippen LogP contribution is -2.34. The molecule has 2 aromatic carbocycles. The van der Waals surface area contributed by atoms with Gasteiger partial charge in [-0.25, -0.2) is 9.69 Å². The zero-order valence-corrected chi connectivity index (χ0v) is 13.9. The predicted molar refractivity (Wildman–Crippen MR) is 92.6 cm³/mol. The van der Waals surface area contributed by atoms with Crippen LogP contribution in [0.5, 0.6) is 0 Å². The molecule has 1 heterocycles. The molecule has 5 nitrogen and oxygen atoms in total. The van der Waals surface area contributed by atoms with Crippen LogP contribution in [0.3, 0.4) is 0 Å². The van der Waals surface area contributed by atoms with Crippen LogP contribution in [0.2, 0.25) is 0 Å². The maximum Gasteiger partial charge on any atom is 0.417 e. The van der Waals surface area contributed by atoms with Crippen molar-refractivity contribution in [3.8, 4) is 0 Å². The molecule has 2 aromatic rings. The smallest absolute Gasteiger partial charge is 0.417 e. The van der Waals surface area contributed by atoms with Gasteiger partial charge in [-0.15, -0.1) is 0 Å². The molecule has 25 heavy (non-hydrogen) atoms. The number of hydrogen-bond acceptors (Lipinski definition) is 4. The van der Waals surface area contributed by atoms with Gasteiger partial charge in [0, 0.05) is 6.42 Å². The van der Waals surface area contributed by atoms with Gasteiger partial charge in [-0.1, -0.05) is 60.7 Å². The van der Waals surface area contributed by atoms with E-state index in [1.807, 2.05) is 60.7 Å². The van der Waals surface area contributed by atoms with Gasteiger partial charge in [-0.3, -0.25) is 4.79 Å². The Labute approximate surface area is 146 Å². The van der Waals surface area contributed by atoms with E-state index in [0.717, 1.165) is 11.1 Å². The topological polar surface area (TPSA) is 66.8 Å². The van der Waals surface area contributed by atoms with Crippen molar-refractivity contribution in [2.75, 3.05) is 6.61 Å². The molecule has 3 rings (SSSR count). The number of imide groups is 1. The van der Waals surface area contributed by atoms with Crippen molar-refractivity contribution in [3.63, 3.8) is 0 Å². The van der Waals surface area contributed by atoms with Gasteiger partial charge in [0.25, 0.3) is 0 Å². The minimum Gasteiger partial charge on any atom is -0.446 e. The molecule has 2 atom stereocenters. The Morgan fingerprint density at radius 1 is 1.12 bits per heavy atom. The monoisotopic (exact) mass is 339 g/mol. The first-order chi connectivity index (χ1) is 12.2. The van der Waals surface area contributed by atoms with Crippen LogP contribution in [-0.4, -0.2) is 28.6 Å². The Morgan fingerprint density at radius 2 is 1.76 bits per heavy atom. The summed E-state index contributed by atoms with van der Waals surface area (Å²) >= 11 is 0. The van der Waals surface area contributed by atoms with Crippen LogP contribution in [0.4, 0.5) is 4.79 Å². The largest absolute Gasteiger partial charge is 0.446 e.